The number of rotatable bonds is 17. The van der Waals surface area contributed by atoms with Crippen molar-refractivity contribution < 1.29 is 9.47 Å². The maximum atomic E-state index is 5.62. The number of aryl methyl sites for hydroxylation is 1. The molecule has 0 fully saturated rings. The Labute approximate surface area is 169 Å². The largest absolute Gasteiger partial charge is 0.382 e. The van der Waals surface area contributed by atoms with Gasteiger partial charge in [-0.05, 0) is 50.7 Å². The van der Waals surface area contributed by atoms with Gasteiger partial charge in [-0.2, -0.15) is 0 Å². The van der Waals surface area contributed by atoms with E-state index in [0.29, 0.717) is 0 Å². The van der Waals surface area contributed by atoms with Gasteiger partial charge in [0.15, 0.2) is 0 Å². The fourth-order valence-corrected chi connectivity index (χ4v) is 3.06. The highest BCUT2D eigenvalue weighted by Crippen LogP contribution is 2.15. The van der Waals surface area contributed by atoms with Gasteiger partial charge in [0.25, 0.3) is 0 Å². The minimum absolute atomic E-state index is 0. The molecule has 156 valence electrons. The lowest BCUT2D eigenvalue weighted by atomic mass is 10.0. The summed E-state index contributed by atoms with van der Waals surface area (Å²) in [6.07, 6.45) is 12.9. The molecule has 0 amide bonds. The molecule has 0 radical (unpaired) electrons. The normalized spacial score (nSPS) is 10.6. The van der Waals surface area contributed by atoms with Crippen molar-refractivity contribution in [3.05, 3.63) is 42.0 Å². The van der Waals surface area contributed by atoms with E-state index in [1.54, 1.807) is 0 Å². The summed E-state index contributed by atoms with van der Waals surface area (Å²) in [7, 11) is 0. The number of allylic oxidation sites excluding steroid dienone is 1. The Morgan fingerprint density at radius 1 is 0.741 bits per heavy atom. The molecule has 0 atom stereocenters. The molecule has 0 spiro atoms. The van der Waals surface area contributed by atoms with Crippen LogP contribution in [0.5, 0.6) is 0 Å². The van der Waals surface area contributed by atoms with E-state index in [4.69, 9.17) is 9.47 Å². The minimum Gasteiger partial charge on any atom is -0.382 e. The zero-order chi connectivity index (χ0) is 18.9. The highest BCUT2D eigenvalue weighted by Gasteiger charge is 1.97. The second-order valence-electron chi connectivity index (χ2n) is 7.22. The van der Waals surface area contributed by atoms with E-state index in [2.05, 4.69) is 37.8 Å². The van der Waals surface area contributed by atoms with Crippen molar-refractivity contribution in [3.8, 4) is 0 Å². The Morgan fingerprint density at radius 3 is 1.85 bits per heavy atom. The number of unbranched alkanes of at least 4 members (excludes halogenated alkanes) is 7. The molecule has 0 aliphatic carbocycles. The van der Waals surface area contributed by atoms with Crippen LogP contribution in [0.25, 0.3) is 5.57 Å². The molecule has 1 aromatic rings. The summed E-state index contributed by atoms with van der Waals surface area (Å²) >= 11 is 0. The number of ether oxygens (including phenoxy) is 2. The number of hydrogen-bond donors (Lipinski definition) is 0. The molecule has 2 heteroatoms. The van der Waals surface area contributed by atoms with Crippen LogP contribution in [0.3, 0.4) is 0 Å². The molecular weight excluding hydrogens is 332 g/mol. The van der Waals surface area contributed by atoms with E-state index in [0.717, 1.165) is 38.4 Å². The Morgan fingerprint density at radius 2 is 1.26 bits per heavy atom. The Hall–Kier alpha value is -1.12. The maximum absolute atomic E-state index is 5.62. The van der Waals surface area contributed by atoms with Gasteiger partial charge in [0.2, 0.25) is 0 Å². The number of benzene rings is 1. The maximum Gasteiger partial charge on any atom is 0.0487 e. The lowest BCUT2D eigenvalue weighted by Crippen LogP contribution is -2.01. The van der Waals surface area contributed by atoms with Crippen LogP contribution < -0.4 is 0 Å². The van der Waals surface area contributed by atoms with Gasteiger partial charge in [-0.3, -0.25) is 0 Å². The van der Waals surface area contributed by atoms with Crippen molar-refractivity contribution in [2.24, 2.45) is 0 Å². The Kier molecular flexibility index (Phi) is 17.5. The molecule has 1 aromatic carbocycles. The third-order valence-electron chi connectivity index (χ3n) is 4.73. The second kappa shape index (κ2) is 18.3. The summed E-state index contributed by atoms with van der Waals surface area (Å²) in [4.78, 5) is 0. The molecule has 0 aromatic heterocycles. The second-order valence-corrected chi connectivity index (χ2v) is 7.22. The summed E-state index contributed by atoms with van der Waals surface area (Å²) in [5.41, 5.74) is 3.85. The molecule has 0 bridgehead atoms. The van der Waals surface area contributed by atoms with Gasteiger partial charge in [-0.25, -0.2) is 0 Å². The Bertz CT molecular complexity index is 450. The summed E-state index contributed by atoms with van der Waals surface area (Å²) < 4.78 is 10.9. The summed E-state index contributed by atoms with van der Waals surface area (Å²) in [5, 5.41) is 0. The quantitative estimate of drug-likeness (QED) is 0.263. The molecule has 1 rings (SSSR count). The molecule has 27 heavy (non-hydrogen) atoms. The van der Waals surface area contributed by atoms with Gasteiger partial charge in [0.05, 0.1) is 0 Å². The van der Waals surface area contributed by atoms with Crippen LogP contribution in [0.1, 0.15) is 90.2 Å². The first-order valence-electron chi connectivity index (χ1n) is 10.6. The van der Waals surface area contributed by atoms with E-state index >= 15 is 0 Å². The van der Waals surface area contributed by atoms with Crippen LogP contribution in [-0.4, -0.2) is 26.4 Å². The first-order chi connectivity index (χ1) is 12.7. The average Bonchev–Trinajstić information content (AvgIpc) is 2.65. The van der Waals surface area contributed by atoms with Gasteiger partial charge < -0.3 is 9.47 Å². The van der Waals surface area contributed by atoms with Crippen LogP contribution in [0.4, 0.5) is 0 Å². The lowest BCUT2D eigenvalue weighted by Gasteiger charge is -2.05. The highest BCUT2D eigenvalue weighted by molar-refractivity contribution is 5.61. The van der Waals surface area contributed by atoms with E-state index in [9.17, 15) is 0 Å². The van der Waals surface area contributed by atoms with Gasteiger partial charge in [-0.1, -0.05) is 82.4 Å². The molecule has 0 unspecified atom stereocenters. The molecule has 0 aliphatic heterocycles. The van der Waals surface area contributed by atoms with Crippen LogP contribution in [0.15, 0.2) is 30.8 Å². The average molecular weight is 377 g/mol. The lowest BCUT2D eigenvalue weighted by molar-refractivity contribution is 0.0860. The minimum atomic E-state index is 0. The van der Waals surface area contributed by atoms with Crippen molar-refractivity contribution >= 4 is 5.57 Å². The van der Waals surface area contributed by atoms with Crippen LogP contribution in [-0.2, 0) is 15.9 Å². The molecule has 0 heterocycles. The van der Waals surface area contributed by atoms with Crippen molar-refractivity contribution in [3.63, 3.8) is 0 Å². The van der Waals surface area contributed by atoms with Gasteiger partial charge >= 0.3 is 0 Å². The van der Waals surface area contributed by atoms with Crippen LogP contribution in [0.2, 0.25) is 0 Å². The van der Waals surface area contributed by atoms with Crippen molar-refractivity contribution in [1.82, 2.24) is 0 Å². The van der Waals surface area contributed by atoms with Crippen molar-refractivity contribution in [2.75, 3.05) is 26.4 Å². The number of hydrogen-bond acceptors (Lipinski definition) is 2. The topological polar surface area (TPSA) is 18.5 Å². The van der Waals surface area contributed by atoms with Crippen molar-refractivity contribution in [1.29, 1.82) is 0 Å². The third kappa shape index (κ3) is 14.6. The summed E-state index contributed by atoms with van der Waals surface area (Å²) in [6.45, 7) is 11.5. The van der Waals surface area contributed by atoms with Crippen LogP contribution >= 0.6 is 0 Å². The standard InChI is InChI=1S/C24H40O2.CH4/c1-4-25-20-13-21-26-19-12-10-8-6-5-7-9-11-14-23-15-17-24(18-16-23)22(2)3;/h15-18H,2,4-14,19-21H2,1,3H3;1H4. The smallest absolute Gasteiger partial charge is 0.0487 e. The fourth-order valence-electron chi connectivity index (χ4n) is 3.06. The first-order valence-corrected chi connectivity index (χ1v) is 10.6. The third-order valence-corrected chi connectivity index (χ3v) is 4.73. The van der Waals surface area contributed by atoms with E-state index in [-0.39, 0.29) is 7.43 Å². The predicted octanol–water partition coefficient (Wildman–Crippen LogP) is 7.46. The van der Waals surface area contributed by atoms with Gasteiger partial charge in [0, 0.05) is 26.4 Å². The molecule has 2 nitrogen and oxygen atoms in total. The van der Waals surface area contributed by atoms with Gasteiger partial charge in [-0.15, -0.1) is 0 Å². The highest BCUT2D eigenvalue weighted by atomic mass is 16.5. The fraction of sp³-hybridized carbons (Fsp3) is 0.680. The monoisotopic (exact) mass is 376 g/mol. The summed E-state index contributed by atoms with van der Waals surface area (Å²) in [5.74, 6) is 0. The first kappa shape index (κ1) is 25.9. The molecule has 0 N–H and O–H groups in total. The van der Waals surface area contributed by atoms with E-state index in [1.165, 1.54) is 68.9 Å². The zero-order valence-electron chi connectivity index (χ0n) is 17.2. The van der Waals surface area contributed by atoms with Crippen molar-refractivity contribution in [2.45, 2.75) is 85.5 Å². The summed E-state index contributed by atoms with van der Waals surface area (Å²) in [6, 6.07) is 8.90. The van der Waals surface area contributed by atoms with Gasteiger partial charge in [0.1, 0.15) is 0 Å². The molecule has 0 aliphatic rings. The predicted molar refractivity (Wildman–Crippen MR) is 120 cm³/mol. The molecular formula is C25H44O2. The molecule has 0 saturated carbocycles. The van der Waals surface area contributed by atoms with E-state index < -0.39 is 0 Å². The molecule has 0 saturated heterocycles. The van der Waals surface area contributed by atoms with Crippen LogP contribution in [0, 0.1) is 0 Å². The zero-order valence-corrected chi connectivity index (χ0v) is 17.2. The Balaban J connectivity index is 0.00000676. The SMILES string of the molecule is C.C=C(C)c1ccc(CCCCCCCCCCOCCCOCC)cc1. The van der Waals surface area contributed by atoms with E-state index in [1.807, 2.05) is 6.92 Å².